The van der Waals surface area contributed by atoms with E-state index in [2.05, 4.69) is 9.97 Å². The van der Waals surface area contributed by atoms with E-state index < -0.39 is 5.97 Å². The molecule has 1 aliphatic heterocycles. The van der Waals surface area contributed by atoms with Crippen LogP contribution >= 0.6 is 0 Å². The number of carboxylic acid groups (broad SMARTS) is 1. The largest absolute Gasteiger partial charge is 0.478 e. The van der Waals surface area contributed by atoms with Crippen molar-refractivity contribution in [3.63, 3.8) is 0 Å². The normalized spacial score (nSPS) is 21.0. The molecule has 2 heterocycles. The van der Waals surface area contributed by atoms with Crippen LogP contribution in [0.5, 0.6) is 0 Å². The topological polar surface area (TPSA) is 72.3 Å². The van der Waals surface area contributed by atoms with Crippen molar-refractivity contribution in [2.75, 3.05) is 6.61 Å². The Balaban J connectivity index is 2.16. The number of carbonyl (C=O) groups is 1. The second-order valence-corrected chi connectivity index (χ2v) is 3.14. The Bertz CT molecular complexity index is 330. The van der Waals surface area contributed by atoms with Crippen LogP contribution in [0, 0.1) is 0 Å². The Morgan fingerprint density at radius 2 is 2.21 bits per heavy atom. The molecule has 0 aromatic carbocycles. The van der Waals surface area contributed by atoms with Gasteiger partial charge < -0.3 is 9.84 Å². The molecule has 1 atom stereocenters. The molecule has 2 rings (SSSR count). The average Bonchev–Trinajstić information content (AvgIpc) is 2.71. The summed E-state index contributed by atoms with van der Waals surface area (Å²) >= 11 is 0. The van der Waals surface area contributed by atoms with E-state index in [1.165, 1.54) is 12.4 Å². The molecule has 74 valence electrons. The molecule has 5 nitrogen and oxygen atoms in total. The van der Waals surface area contributed by atoms with Gasteiger partial charge in [0.1, 0.15) is 6.10 Å². The van der Waals surface area contributed by atoms with Crippen molar-refractivity contribution in [3.8, 4) is 0 Å². The van der Waals surface area contributed by atoms with Crippen molar-refractivity contribution < 1.29 is 14.6 Å². The first-order valence-corrected chi connectivity index (χ1v) is 4.44. The summed E-state index contributed by atoms with van der Waals surface area (Å²) in [4.78, 5) is 18.5. The van der Waals surface area contributed by atoms with E-state index in [1.807, 2.05) is 0 Å². The minimum atomic E-state index is -1.01. The number of carboxylic acids is 1. The molecule has 1 aliphatic rings. The Kier molecular flexibility index (Phi) is 2.41. The van der Waals surface area contributed by atoms with Crippen molar-refractivity contribution in [1.29, 1.82) is 0 Å². The van der Waals surface area contributed by atoms with E-state index >= 15 is 0 Å². The van der Waals surface area contributed by atoms with Gasteiger partial charge in [-0.25, -0.2) is 14.8 Å². The second-order valence-electron chi connectivity index (χ2n) is 3.14. The Hall–Kier alpha value is -1.49. The van der Waals surface area contributed by atoms with Crippen molar-refractivity contribution >= 4 is 5.97 Å². The molecule has 1 N–H and O–H groups in total. The lowest BCUT2D eigenvalue weighted by molar-refractivity contribution is 0.0694. The molecule has 0 bridgehead atoms. The van der Waals surface area contributed by atoms with Gasteiger partial charge in [0.25, 0.3) is 0 Å². The van der Waals surface area contributed by atoms with Crippen LogP contribution in [0.1, 0.15) is 35.1 Å². The second kappa shape index (κ2) is 3.71. The highest BCUT2D eigenvalue weighted by Crippen LogP contribution is 2.25. The summed E-state index contributed by atoms with van der Waals surface area (Å²) in [5, 5.41) is 8.63. The zero-order valence-electron chi connectivity index (χ0n) is 7.51. The predicted molar refractivity (Wildman–Crippen MR) is 46.9 cm³/mol. The van der Waals surface area contributed by atoms with Crippen LogP contribution in [0.3, 0.4) is 0 Å². The van der Waals surface area contributed by atoms with Crippen molar-refractivity contribution in [3.05, 3.63) is 23.8 Å². The number of hydrogen-bond donors (Lipinski definition) is 1. The molecule has 1 saturated heterocycles. The summed E-state index contributed by atoms with van der Waals surface area (Å²) in [5.74, 6) is -0.434. The predicted octanol–water partition coefficient (Wildman–Crippen LogP) is 1.03. The van der Waals surface area contributed by atoms with E-state index in [9.17, 15) is 4.79 Å². The molecule has 0 saturated carbocycles. The Morgan fingerprint density at radius 3 is 2.71 bits per heavy atom. The zero-order valence-corrected chi connectivity index (χ0v) is 7.51. The minimum absolute atomic E-state index is 0.0576. The fourth-order valence-electron chi connectivity index (χ4n) is 1.40. The summed E-state index contributed by atoms with van der Waals surface area (Å²) < 4.78 is 5.37. The van der Waals surface area contributed by atoms with Crippen LogP contribution in [0.2, 0.25) is 0 Å². The van der Waals surface area contributed by atoms with Crippen LogP contribution in [-0.4, -0.2) is 27.7 Å². The molecule has 5 heteroatoms. The van der Waals surface area contributed by atoms with E-state index in [1.54, 1.807) is 0 Å². The zero-order chi connectivity index (χ0) is 9.97. The van der Waals surface area contributed by atoms with E-state index in [4.69, 9.17) is 9.84 Å². The molecule has 1 fully saturated rings. The van der Waals surface area contributed by atoms with Gasteiger partial charge in [0.15, 0.2) is 5.82 Å². The molecular formula is C9H10N2O3. The maximum absolute atomic E-state index is 10.5. The maximum Gasteiger partial charge on any atom is 0.338 e. The fraction of sp³-hybridized carbons (Fsp3) is 0.444. The smallest absolute Gasteiger partial charge is 0.338 e. The Labute approximate surface area is 80.8 Å². The third-order valence-electron chi connectivity index (χ3n) is 2.14. The van der Waals surface area contributed by atoms with Gasteiger partial charge in [-0.15, -0.1) is 0 Å². The van der Waals surface area contributed by atoms with Gasteiger partial charge in [-0.1, -0.05) is 0 Å². The van der Waals surface area contributed by atoms with Crippen LogP contribution in [-0.2, 0) is 4.74 Å². The van der Waals surface area contributed by atoms with Gasteiger partial charge in [-0.05, 0) is 12.8 Å². The number of aromatic carboxylic acids is 1. The first kappa shape index (κ1) is 9.08. The molecular weight excluding hydrogens is 184 g/mol. The minimum Gasteiger partial charge on any atom is -0.478 e. The van der Waals surface area contributed by atoms with Crippen molar-refractivity contribution in [1.82, 2.24) is 9.97 Å². The maximum atomic E-state index is 10.5. The lowest BCUT2D eigenvalue weighted by atomic mass is 10.2. The number of nitrogens with zero attached hydrogens (tertiary/aromatic N) is 2. The molecule has 1 aromatic heterocycles. The van der Waals surface area contributed by atoms with Crippen molar-refractivity contribution in [2.24, 2.45) is 0 Å². The monoisotopic (exact) mass is 194 g/mol. The first-order valence-electron chi connectivity index (χ1n) is 4.44. The number of ether oxygens (including phenoxy) is 1. The SMILES string of the molecule is O=C(O)c1cnc([C@H]2CCCO2)nc1. The van der Waals surface area contributed by atoms with E-state index in [-0.39, 0.29) is 11.7 Å². The van der Waals surface area contributed by atoms with Crippen molar-refractivity contribution in [2.45, 2.75) is 18.9 Å². The molecule has 0 aliphatic carbocycles. The summed E-state index contributed by atoms with van der Waals surface area (Å²) in [5.41, 5.74) is 0.103. The number of rotatable bonds is 2. The third-order valence-corrected chi connectivity index (χ3v) is 2.14. The molecule has 14 heavy (non-hydrogen) atoms. The van der Waals surface area contributed by atoms with Crippen LogP contribution in [0.15, 0.2) is 12.4 Å². The highest BCUT2D eigenvalue weighted by molar-refractivity contribution is 5.86. The van der Waals surface area contributed by atoms with Crippen LogP contribution < -0.4 is 0 Å². The molecule has 0 spiro atoms. The lowest BCUT2D eigenvalue weighted by Crippen LogP contribution is -2.05. The lowest BCUT2D eigenvalue weighted by Gasteiger charge is -2.06. The molecule has 0 radical (unpaired) electrons. The third kappa shape index (κ3) is 1.72. The highest BCUT2D eigenvalue weighted by atomic mass is 16.5. The first-order chi connectivity index (χ1) is 6.77. The summed E-state index contributed by atoms with van der Waals surface area (Å²) in [7, 11) is 0. The Morgan fingerprint density at radius 1 is 1.50 bits per heavy atom. The molecule has 0 unspecified atom stereocenters. The van der Waals surface area contributed by atoms with Gasteiger partial charge in [0.05, 0.1) is 5.56 Å². The number of hydrogen-bond acceptors (Lipinski definition) is 4. The van der Waals surface area contributed by atoms with Crippen LogP contribution in [0.4, 0.5) is 0 Å². The number of aromatic nitrogens is 2. The average molecular weight is 194 g/mol. The van der Waals surface area contributed by atoms with Crippen LogP contribution in [0.25, 0.3) is 0 Å². The van der Waals surface area contributed by atoms with E-state index in [0.29, 0.717) is 5.82 Å². The van der Waals surface area contributed by atoms with Gasteiger partial charge in [-0.3, -0.25) is 0 Å². The summed E-state index contributed by atoms with van der Waals surface area (Å²) in [6, 6.07) is 0. The van der Waals surface area contributed by atoms with Gasteiger partial charge in [-0.2, -0.15) is 0 Å². The van der Waals surface area contributed by atoms with Gasteiger partial charge >= 0.3 is 5.97 Å². The van der Waals surface area contributed by atoms with E-state index in [0.717, 1.165) is 19.4 Å². The quantitative estimate of drug-likeness (QED) is 0.761. The summed E-state index contributed by atoms with van der Waals surface area (Å²) in [6.07, 6.45) is 4.48. The molecule has 0 amide bonds. The highest BCUT2D eigenvalue weighted by Gasteiger charge is 2.20. The summed E-state index contributed by atoms with van der Waals surface area (Å²) in [6.45, 7) is 0.731. The van der Waals surface area contributed by atoms with Gasteiger partial charge in [0.2, 0.25) is 0 Å². The molecule has 1 aromatic rings. The fourth-order valence-corrected chi connectivity index (χ4v) is 1.40. The standard InChI is InChI=1S/C9H10N2O3/c12-9(13)6-4-10-8(11-5-6)7-2-1-3-14-7/h4-5,7H,1-3H2,(H,12,13)/t7-/m1/s1. The van der Waals surface area contributed by atoms with Gasteiger partial charge in [0, 0.05) is 19.0 Å².